The Morgan fingerprint density at radius 2 is 1.58 bits per heavy atom. The number of aromatic nitrogens is 2. The minimum atomic E-state index is 0.181. The first-order chi connectivity index (χ1) is 12.7. The molecule has 3 aromatic carbocycles. The molecule has 3 nitrogen and oxygen atoms in total. The zero-order valence-electron chi connectivity index (χ0n) is 15.1. The van der Waals surface area contributed by atoms with E-state index < -0.39 is 0 Å². The fourth-order valence-corrected chi connectivity index (χ4v) is 3.29. The van der Waals surface area contributed by atoms with E-state index in [-0.39, 0.29) is 6.04 Å². The van der Waals surface area contributed by atoms with Crippen LogP contribution in [0.5, 0.6) is 5.75 Å². The van der Waals surface area contributed by atoms with E-state index in [4.69, 9.17) is 9.72 Å². The van der Waals surface area contributed by atoms with Gasteiger partial charge in [0.2, 0.25) is 0 Å². The highest BCUT2D eigenvalue weighted by Crippen LogP contribution is 2.26. The number of benzene rings is 3. The number of aryl methyl sites for hydroxylation is 1. The van der Waals surface area contributed by atoms with Crippen LogP contribution in [0.2, 0.25) is 0 Å². The summed E-state index contributed by atoms with van der Waals surface area (Å²) in [5, 5.41) is 0. The number of imidazole rings is 1. The number of nitrogens with zero attached hydrogens (tertiary/aromatic N) is 2. The molecule has 130 valence electrons. The lowest BCUT2D eigenvalue weighted by atomic mass is 10.1. The van der Waals surface area contributed by atoms with Crippen molar-refractivity contribution < 1.29 is 4.74 Å². The summed E-state index contributed by atoms with van der Waals surface area (Å²) in [6, 6.07) is 27.1. The highest BCUT2D eigenvalue weighted by atomic mass is 16.5. The highest BCUT2D eigenvalue weighted by molar-refractivity contribution is 5.76. The van der Waals surface area contributed by atoms with Crippen molar-refractivity contribution in [1.82, 2.24) is 9.55 Å². The second-order valence-corrected chi connectivity index (χ2v) is 6.58. The summed E-state index contributed by atoms with van der Waals surface area (Å²) in [4.78, 5) is 4.83. The van der Waals surface area contributed by atoms with E-state index in [2.05, 4.69) is 73.0 Å². The van der Waals surface area contributed by atoms with Crippen molar-refractivity contribution in [2.75, 3.05) is 0 Å². The third kappa shape index (κ3) is 3.21. The van der Waals surface area contributed by atoms with Gasteiger partial charge >= 0.3 is 0 Å². The molecule has 0 aliphatic heterocycles. The van der Waals surface area contributed by atoms with Gasteiger partial charge in [-0.3, -0.25) is 0 Å². The van der Waals surface area contributed by atoms with Gasteiger partial charge in [0.1, 0.15) is 18.2 Å². The Bertz CT molecular complexity index is 1000. The van der Waals surface area contributed by atoms with Crippen LogP contribution in [0.25, 0.3) is 11.0 Å². The average Bonchev–Trinajstić information content (AvgIpc) is 3.06. The number of rotatable bonds is 5. The Labute approximate surface area is 153 Å². The highest BCUT2D eigenvalue weighted by Gasteiger charge is 2.17. The van der Waals surface area contributed by atoms with Crippen LogP contribution in [0.4, 0.5) is 0 Å². The molecule has 1 heterocycles. The minimum Gasteiger partial charge on any atom is -0.486 e. The van der Waals surface area contributed by atoms with Crippen LogP contribution in [-0.4, -0.2) is 9.55 Å². The van der Waals surface area contributed by atoms with E-state index in [9.17, 15) is 0 Å². The standard InChI is InChI=1S/C23H22N2O/c1-17-12-14-20(15-13-17)26-16-23-24-21-10-6-7-11-22(21)25(23)18(2)19-8-4-3-5-9-19/h3-15,18H,16H2,1-2H3/t18-/m1/s1. The van der Waals surface area contributed by atoms with Crippen molar-refractivity contribution in [3.63, 3.8) is 0 Å². The number of fused-ring (bicyclic) bond motifs is 1. The third-order valence-corrected chi connectivity index (χ3v) is 4.73. The molecule has 0 amide bonds. The molecule has 0 fully saturated rings. The van der Waals surface area contributed by atoms with Crippen LogP contribution in [0, 0.1) is 6.92 Å². The third-order valence-electron chi connectivity index (χ3n) is 4.73. The maximum Gasteiger partial charge on any atom is 0.148 e. The van der Waals surface area contributed by atoms with Crippen LogP contribution in [-0.2, 0) is 6.61 Å². The zero-order valence-corrected chi connectivity index (χ0v) is 15.1. The lowest BCUT2D eigenvalue weighted by molar-refractivity contribution is 0.288. The van der Waals surface area contributed by atoms with E-state index in [1.54, 1.807) is 0 Å². The summed E-state index contributed by atoms with van der Waals surface area (Å²) in [5.41, 5.74) is 4.61. The molecule has 0 radical (unpaired) electrons. The molecule has 3 heteroatoms. The van der Waals surface area contributed by atoms with Crippen molar-refractivity contribution in [3.05, 3.63) is 95.8 Å². The van der Waals surface area contributed by atoms with Crippen LogP contribution in [0.3, 0.4) is 0 Å². The van der Waals surface area contributed by atoms with E-state index >= 15 is 0 Å². The van der Waals surface area contributed by atoms with Crippen molar-refractivity contribution in [1.29, 1.82) is 0 Å². The molecule has 1 atom stereocenters. The molecule has 0 saturated carbocycles. The minimum absolute atomic E-state index is 0.181. The van der Waals surface area contributed by atoms with Gasteiger partial charge in [0.15, 0.2) is 0 Å². The average molecular weight is 342 g/mol. The zero-order chi connectivity index (χ0) is 17.9. The molecule has 0 spiro atoms. The van der Waals surface area contributed by atoms with Gasteiger partial charge in [0.25, 0.3) is 0 Å². The van der Waals surface area contributed by atoms with Gasteiger partial charge in [-0.1, -0.05) is 60.2 Å². The number of hydrogen-bond acceptors (Lipinski definition) is 2. The van der Waals surface area contributed by atoms with E-state index in [1.165, 1.54) is 11.1 Å². The molecule has 26 heavy (non-hydrogen) atoms. The molecule has 0 unspecified atom stereocenters. The molecule has 1 aromatic heterocycles. The molecule has 0 N–H and O–H groups in total. The molecule has 0 bridgehead atoms. The van der Waals surface area contributed by atoms with Gasteiger partial charge in [-0.15, -0.1) is 0 Å². The predicted molar refractivity (Wildman–Crippen MR) is 105 cm³/mol. The van der Waals surface area contributed by atoms with Gasteiger partial charge in [-0.2, -0.15) is 0 Å². The Morgan fingerprint density at radius 1 is 0.885 bits per heavy atom. The summed E-state index contributed by atoms with van der Waals surface area (Å²) in [6.45, 7) is 4.72. The number of hydrogen-bond donors (Lipinski definition) is 0. The predicted octanol–water partition coefficient (Wildman–Crippen LogP) is 5.53. The maximum atomic E-state index is 6.02. The smallest absolute Gasteiger partial charge is 0.148 e. The van der Waals surface area contributed by atoms with Gasteiger partial charge in [0.05, 0.1) is 17.1 Å². The maximum absolute atomic E-state index is 6.02. The summed E-state index contributed by atoms with van der Waals surface area (Å²) in [7, 11) is 0. The van der Waals surface area contributed by atoms with E-state index in [0.717, 1.165) is 22.6 Å². The molecular weight excluding hydrogens is 320 g/mol. The Hall–Kier alpha value is -3.07. The fraction of sp³-hybridized carbons (Fsp3) is 0.174. The van der Waals surface area contributed by atoms with Gasteiger partial charge in [-0.05, 0) is 43.7 Å². The van der Waals surface area contributed by atoms with Crippen molar-refractivity contribution in [2.24, 2.45) is 0 Å². The van der Waals surface area contributed by atoms with Gasteiger partial charge < -0.3 is 9.30 Å². The quantitative estimate of drug-likeness (QED) is 0.476. The first-order valence-electron chi connectivity index (χ1n) is 8.92. The molecule has 0 aliphatic carbocycles. The van der Waals surface area contributed by atoms with E-state index in [1.807, 2.05) is 24.3 Å². The first-order valence-corrected chi connectivity index (χ1v) is 8.92. The Kier molecular flexibility index (Phi) is 4.44. The van der Waals surface area contributed by atoms with Crippen molar-refractivity contribution in [2.45, 2.75) is 26.5 Å². The lowest BCUT2D eigenvalue weighted by Crippen LogP contribution is -2.12. The Balaban J connectivity index is 1.70. The SMILES string of the molecule is Cc1ccc(OCc2nc3ccccc3n2[C@H](C)c2ccccc2)cc1. The topological polar surface area (TPSA) is 27.1 Å². The van der Waals surface area contributed by atoms with Crippen molar-refractivity contribution in [3.8, 4) is 5.75 Å². The first kappa shape index (κ1) is 16.4. The Morgan fingerprint density at radius 3 is 2.35 bits per heavy atom. The molecular formula is C23H22N2O. The lowest BCUT2D eigenvalue weighted by Gasteiger charge is -2.18. The molecule has 0 aliphatic rings. The van der Waals surface area contributed by atoms with Crippen molar-refractivity contribution >= 4 is 11.0 Å². The fourth-order valence-electron chi connectivity index (χ4n) is 3.29. The molecule has 4 rings (SSSR count). The number of para-hydroxylation sites is 2. The number of ether oxygens (including phenoxy) is 1. The van der Waals surface area contributed by atoms with Crippen LogP contribution in [0.1, 0.15) is 29.9 Å². The summed E-state index contributed by atoms with van der Waals surface area (Å²) in [5.74, 6) is 1.80. The summed E-state index contributed by atoms with van der Waals surface area (Å²) >= 11 is 0. The molecule has 0 saturated heterocycles. The van der Waals surface area contributed by atoms with E-state index in [0.29, 0.717) is 6.61 Å². The summed E-state index contributed by atoms with van der Waals surface area (Å²) < 4.78 is 8.30. The van der Waals surface area contributed by atoms with Crippen LogP contribution < -0.4 is 4.74 Å². The normalized spacial score (nSPS) is 12.2. The summed E-state index contributed by atoms with van der Waals surface area (Å²) in [6.07, 6.45) is 0. The van der Waals surface area contributed by atoms with Crippen LogP contribution in [0.15, 0.2) is 78.9 Å². The second kappa shape index (κ2) is 7.04. The second-order valence-electron chi connectivity index (χ2n) is 6.58. The van der Waals surface area contributed by atoms with Crippen LogP contribution >= 0.6 is 0 Å². The molecule has 4 aromatic rings. The monoisotopic (exact) mass is 342 g/mol. The van der Waals surface area contributed by atoms with Gasteiger partial charge in [0, 0.05) is 0 Å². The van der Waals surface area contributed by atoms with Gasteiger partial charge in [-0.25, -0.2) is 4.98 Å². The largest absolute Gasteiger partial charge is 0.486 e.